The van der Waals surface area contributed by atoms with Gasteiger partial charge in [0.15, 0.2) is 0 Å². The van der Waals surface area contributed by atoms with E-state index < -0.39 is 22.9 Å². The highest BCUT2D eigenvalue weighted by atomic mass is 32.2. The first-order valence-electron chi connectivity index (χ1n) is 15.7. The zero-order valence-electron chi connectivity index (χ0n) is 27.2. The summed E-state index contributed by atoms with van der Waals surface area (Å²) in [4.78, 5) is 41.6. The van der Waals surface area contributed by atoms with Gasteiger partial charge in [-0.05, 0) is 97.2 Å². The number of rotatable bonds is 9. The van der Waals surface area contributed by atoms with Crippen molar-refractivity contribution >= 4 is 57.6 Å². The molecule has 0 aliphatic heterocycles. The molecule has 0 spiro atoms. The number of nitrogens with zero attached hydrogens (tertiary/aromatic N) is 1. The van der Waals surface area contributed by atoms with Crippen molar-refractivity contribution in [3.05, 3.63) is 118 Å². The second kappa shape index (κ2) is 15.0. The molecule has 0 fully saturated rings. The van der Waals surface area contributed by atoms with Gasteiger partial charge in [0, 0.05) is 21.0 Å². The van der Waals surface area contributed by atoms with Crippen molar-refractivity contribution in [1.29, 1.82) is 5.26 Å². The van der Waals surface area contributed by atoms with Crippen molar-refractivity contribution in [3.8, 4) is 6.07 Å². The molecule has 1 aliphatic rings. The molecule has 10 heteroatoms. The predicted octanol–water partition coefficient (Wildman–Crippen LogP) is 8.44. The Hall–Kier alpha value is -4.72. The van der Waals surface area contributed by atoms with Crippen LogP contribution in [0, 0.1) is 28.5 Å². The van der Waals surface area contributed by atoms with Gasteiger partial charge < -0.3 is 16.0 Å². The number of carbonyl (C=O) groups is 3. The van der Waals surface area contributed by atoms with Gasteiger partial charge in [0.2, 0.25) is 5.91 Å². The molecule has 3 N–H and O–H groups in total. The van der Waals surface area contributed by atoms with Gasteiger partial charge in [0.05, 0.1) is 10.8 Å². The minimum Gasteiger partial charge on any atom is -0.321 e. The lowest BCUT2D eigenvalue weighted by Crippen LogP contribution is -2.30. The van der Waals surface area contributed by atoms with Gasteiger partial charge in [0.25, 0.3) is 11.8 Å². The monoisotopic (exact) mass is 680 g/mol. The first-order valence-corrected chi connectivity index (χ1v) is 17.4. The third kappa shape index (κ3) is 8.59. The molecule has 0 saturated carbocycles. The molecule has 2 unspecified atom stereocenters. The van der Waals surface area contributed by atoms with Gasteiger partial charge in [-0.3, -0.25) is 14.4 Å². The van der Waals surface area contributed by atoms with Crippen molar-refractivity contribution in [2.24, 2.45) is 11.3 Å². The number of amides is 3. The highest BCUT2D eigenvalue weighted by Gasteiger charge is 2.32. The van der Waals surface area contributed by atoms with Crippen LogP contribution < -0.4 is 16.0 Å². The second-order valence-corrected chi connectivity index (χ2v) is 15.3. The molecule has 4 aromatic rings. The molecule has 246 valence electrons. The molecular formula is C38H37FN4O3S2. The lowest BCUT2D eigenvalue weighted by molar-refractivity contribution is -0.115. The van der Waals surface area contributed by atoms with E-state index in [0.717, 1.165) is 29.7 Å². The summed E-state index contributed by atoms with van der Waals surface area (Å²) in [5.41, 5.74) is 3.15. The van der Waals surface area contributed by atoms with Crippen molar-refractivity contribution in [1.82, 2.24) is 5.32 Å². The van der Waals surface area contributed by atoms with E-state index in [2.05, 4.69) is 42.8 Å². The van der Waals surface area contributed by atoms with Crippen LogP contribution in [0.2, 0.25) is 0 Å². The Bertz CT molecular complexity index is 1890. The molecule has 1 heterocycles. The molecule has 5 rings (SSSR count). The number of fused-ring (bicyclic) bond motifs is 1. The maximum atomic E-state index is 13.5. The van der Waals surface area contributed by atoms with Crippen LogP contribution in [0.4, 0.5) is 15.1 Å². The maximum Gasteiger partial charge on any atom is 0.272 e. The molecule has 1 aromatic heterocycles. The zero-order valence-corrected chi connectivity index (χ0v) is 28.9. The van der Waals surface area contributed by atoms with Gasteiger partial charge in [-0.1, -0.05) is 57.2 Å². The second-order valence-electron chi connectivity index (χ2n) is 12.8. The summed E-state index contributed by atoms with van der Waals surface area (Å²) in [5.74, 6) is -1.15. The zero-order chi connectivity index (χ0) is 34.4. The van der Waals surface area contributed by atoms with Crippen LogP contribution in [0.5, 0.6) is 0 Å². The quantitative estimate of drug-likeness (QED) is 0.121. The van der Waals surface area contributed by atoms with E-state index in [0.29, 0.717) is 33.3 Å². The van der Waals surface area contributed by atoms with E-state index in [4.69, 9.17) is 0 Å². The van der Waals surface area contributed by atoms with E-state index in [1.807, 2.05) is 6.07 Å². The largest absolute Gasteiger partial charge is 0.321 e. The average molecular weight is 681 g/mol. The van der Waals surface area contributed by atoms with E-state index in [9.17, 15) is 24.0 Å². The minimum atomic E-state index is -0.573. The summed E-state index contributed by atoms with van der Waals surface area (Å²) in [6.45, 7) is 8.54. The van der Waals surface area contributed by atoms with Crippen LogP contribution in [0.3, 0.4) is 0 Å². The molecule has 7 nitrogen and oxygen atoms in total. The fourth-order valence-electron chi connectivity index (χ4n) is 5.52. The fraction of sp³-hybridized carbons (Fsp3) is 0.263. The normalized spacial score (nSPS) is 15.1. The van der Waals surface area contributed by atoms with E-state index in [1.54, 1.807) is 55.5 Å². The van der Waals surface area contributed by atoms with Crippen LogP contribution in [-0.4, -0.2) is 23.0 Å². The van der Waals surface area contributed by atoms with Crippen molar-refractivity contribution in [2.45, 2.75) is 57.1 Å². The number of carbonyl (C=O) groups excluding carboxylic acids is 3. The fourth-order valence-corrected chi connectivity index (χ4v) is 7.72. The summed E-state index contributed by atoms with van der Waals surface area (Å²) in [6, 6.07) is 23.5. The summed E-state index contributed by atoms with van der Waals surface area (Å²) < 4.78 is 13.5. The number of thiophene rings is 1. The summed E-state index contributed by atoms with van der Waals surface area (Å²) in [5, 5.41) is 18.6. The number of anilines is 2. The molecule has 0 bridgehead atoms. The molecule has 3 amide bonds. The van der Waals surface area contributed by atoms with E-state index in [-0.39, 0.29) is 17.0 Å². The average Bonchev–Trinajstić information content (AvgIpc) is 3.41. The topological polar surface area (TPSA) is 111 Å². The highest BCUT2D eigenvalue weighted by Crippen LogP contribution is 2.44. The molecule has 0 saturated heterocycles. The number of hydrogen-bond acceptors (Lipinski definition) is 6. The lowest BCUT2D eigenvalue weighted by Gasteiger charge is -2.33. The molecule has 1 aliphatic carbocycles. The summed E-state index contributed by atoms with van der Waals surface area (Å²) in [7, 11) is 0. The van der Waals surface area contributed by atoms with Crippen LogP contribution in [0.1, 0.15) is 66.0 Å². The first kappa shape index (κ1) is 34.6. The Balaban J connectivity index is 1.27. The third-order valence-electron chi connectivity index (χ3n) is 8.32. The highest BCUT2D eigenvalue weighted by molar-refractivity contribution is 8.00. The minimum absolute atomic E-state index is 0.0259. The Morgan fingerprint density at radius 2 is 1.75 bits per heavy atom. The molecule has 3 aromatic carbocycles. The number of benzene rings is 3. The lowest BCUT2D eigenvalue weighted by atomic mass is 9.72. The van der Waals surface area contributed by atoms with Crippen molar-refractivity contribution < 1.29 is 18.8 Å². The summed E-state index contributed by atoms with van der Waals surface area (Å²) in [6.07, 6.45) is 4.25. The van der Waals surface area contributed by atoms with Gasteiger partial charge in [-0.15, -0.1) is 23.1 Å². The van der Waals surface area contributed by atoms with Crippen LogP contribution in [0.25, 0.3) is 6.08 Å². The van der Waals surface area contributed by atoms with Crippen LogP contribution >= 0.6 is 23.1 Å². The van der Waals surface area contributed by atoms with Gasteiger partial charge in [-0.25, -0.2) is 4.39 Å². The van der Waals surface area contributed by atoms with E-state index in [1.165, 1.54) is 58.3 Å². The summed E-state index contributed by atoms with van der Waals surface area (Å²) >= 11 is 2.83. The number of nitriles is 1. The Morgan fingerprint density at radius 3 is 2.44 bits per heavy atom. The molecular weight excluding hydrogens is 644 g/mol. The van der Waals surface area contributed by atoms with E-state index >= 15 is 0 Å². The Morgan fingerprint density at radius 1 is 1.02 bits per heavy atom. The smallest absolute Gasteiger partial charge is 0.272 e. The maximum absolute atomic E-state index is 13.5. The third-order valence-corrected chi connectivity index (χ3v) is 10.6. The number of nitrogens with one attached hydrogen (secondary N) is 3. The van der Waals surface area contributed by atoms with Crippen LogP contribution in [0.15, 0.2) is 89.5 Å². The number of thioether (sulfide) groups is 1. The van der Waals surface area contributed by atoms with Crippen molar-refractivity contribution in [2.75, 3.05) is 10.6 Å². The van der Waals surface area contributed by atoms with Crippen LogP contribution in [-0.2, 0) is 22.4 Å². The molecule has 0 radical (unpaired) electrons. The van der Waals surface area contributed by atoms with Crippen molar-refractivity contribution in [3.63, 3.8) is 0 Å². The molecule has 48 heavy (non-hydrogen) atoms. The predicted molar refractivity (Wildman–Crippen MR) is 191 cm³/mol. The SMILES string of the molecule is CC(Sc1cccc(NC(=O)/C(=C\c2ccc(F)cc2)NC(=O)c2ccccc2)c1)C(=O)Nc1sc2c(c1C#N)CCC(C(C)(C)C)C2. The van der Waals surface area contributed by atoms with Gasteiger partial charge in [0.1, 0.15) is 22.6 Å². The Kier molecular flexibility index (Phi) is 10.8. The van der Waals surface area contributed by atoms with Gasteiger partial charge in [-0.2, -0.15) is 5.26 Å². The standard InChI is InChI=1S/C38H37FN4O3S2/c1-23(34(44)43-37-31(22-40)30-18-15-26(38(2,3)4)20-33(30)48-37)47-29-12-8-11-28(21-29)41-36(46)32(19-24-13-16-27(39)17-14-24)42-35(45)25-9-6-5-7-10-25/h5-14,16-17,19,21,23,26H,15,18,20H2,1-4H3,(H,41,46)(H,42,45)(H,43,44)/b32-19+. The van der Waals surface area contributed by atoms with Gasteiger partial charge >= 0.3 is 0 Å². The number of halogens is 1. The molecule has 2 atom stereocenters. The number of hydrogen-bond donors (Lipinski definition) is 3. The Labute approximate surface area is 288 Å². The first-order chi connectivity index (χ1) is 22.9.